The van der Waals surface area contributed by atoms with E-state index in [2.05, 4.69) is 12.2 Å². The van der Waals surface area contributed by atoms with E-state index in [1.54, 1.807) is 0 Å². The first-order valence-electron chi connectivity index (χ1n) is 6.18. The minimum Gasteiger partial charge on any atom is -0.326 e. The number of rotatable bonds is 7. The van der Waals surface area contributed by atoms with Crippen molar-refractivity contribution in [1.29, 1.82) is 0 Å². The fourth-order valence-corrected chi connectivity index (χ4v) is 3.00. The molecule has 0 aromatic heterocycles. The van der Waals surface area contributed by atoms with E-state index in [0.29, 0.717) is 5.92 Å². The summed E-state index contributed by atoms with van der Waals surface area (Å²) in [6, 6.07) is 7.96. The number of halogens is 1. The molecule has 0 aliphatic heterocycles. The Bertz CT molecular complexity index is 367. The van der Waals surface area contributed by atoms with E-state index < -0.39 is 0 Å². The summed E-state index contributed by atoms with van der Waals surface area (Å²) in [5.74, 6) is 2.51. The Morgan fingerprint density at radius 3 is 2.56 bits per heavy atom. The molecule has 2 nitrogen and oxygen atoms in total. The van der Waals surface area contributed by atoms with Crippen LogP contribution >= 0.6 is 23.4 Å². The second-order valence-electron chi connectivity index (χ2n) is 4.43. The molecule has 1 N–H and O–H groups in total. The number of alkyl halides is 1. The minimum absolute atomic E-state index is 0.0368. The van der Waals surface area contributed by atoms with Crippen LogP contribution in [0, 0.1) is 5.92 Å². The largest absolute Gasteiger partial charge is 0.326 e. The molecule has 4 heteroatoms. The maximum Gasteiger partial charge on any atom is 0.221 e. The summed E-state index contributed by atoms with van der Waals surface area (Å²) in [5.41, 5.74) is 0.849. The van der Waals surface area contributed by atoms with Gasteiger partial charge in [0.1, 0.15) is 0 Å². The lowest BCUT2D eigenvalue weighted by Crippen LogP contribution is -2.05. The molecule has 0 aliphatic rings. The summed E-state index contributed by atoms with van der Waals surface area (Å²) in [4.78, 5) is 12.1. The monoisotopic (exact) mass is 285 g/mol. The van der Waals surface area contributed by atoms with Crippen LogP contribution in [0.25, 0.3) is 0 Å². The minimum atomic E-state index is -0.0368. The lowest BCUT2D eigenvalue weighted by Gasteiger charge is -2.09. The highest BCUT2D eigenvalue weighted by Crippen LogP contribution is 2.23. The Balaban J connectivity index is 2.32. The zero-order chi connectivity index (χ0) is 13.4. The van der Waals surface area contributed by atoms with E-state index in [0.717, 1.165) is 23.7 Å². The number of anilines is 1. The third kappa shape index (κ3) is 6.31. The normalized spacial score (nSPS) is 12.2. The molecule has 1 amide bonds. The maximum absolute atomic E-state index is 10.9. The van der Waals surface area contributed by atoms with Gasteiger partial charge in [0.15, 0.2) is 0 Å². The predicted molar refractivity (Wildman–Crippen MR) is 80.6 cm³/mol. The van der Waals surface area contributed by atoms with Crippen molar-refractivity contribution < 1.29 is 4.79 Å². The van der Waals surface area contributed by atoms with Crippen LogP contribution < -0.4 is 5.32 Å². The van der Waals surface area contributed by atoms with Crippen LogP contribution in [0.1, 0.15) is 26.7 Å². The first kappa shape index (κ1) is 15.4. The van der Waals surface area contributed by atoms with Gasteiger partial charge in [-0.15, -0.1) is 23.4 Å². The average Bonchev–Trinajstić information content (AvgIpc) is 2.31. The maximum atomic E-state index is 10.9. The lowest BCUT2D eigenvalue weighted by molar-refractivity contribution is -0.114. The molecule has 0 saturated carbocycles. The molecule has 100 valence electrons. The van der Waals surface area contributed by atoms with Crippen molar-refractivity contribution in [2.75, 3.05) is 16.9 Å². The van der Waals surface area contributed by atoms with Crippen molar-refractivity contribution >= 4 is 35.0 Å². The molecule has 0 spiro atoms. The topological polar surface area (TPSA) is 29.1 Å². The molecule has 1 rings (SSSR count). The Kier molecular flexibility index (Phi) is 7.21. The summed E-state index contributed by atoms with van der Waals surface area (Å²) in [6.45, 7) is 3.75. The number of carbonyl (C=O) groups is 1. The van der Waals surface area contributed by atoms with Crippen molar-refractivity contribution in [1.82, 2.24) is 0 Å². The highest BCUT2D eigenvalue weighted by Gasteiger charge is 2.02. The van der Waals surface area contributed by atoms with Crippen molar-refractivity contribution in [2.24, 2.45) is 5.92 Å². The molecule has 18 heavy (non-hydrogen) atoms. The molecule has 1 aromatic rings. The molecule has 1 atom stereocenters. The summed E-state index contributed by atoms with van der Waals surface area (Å²) >= 11 is 7.56. The zero-order valence-electron chi connectivity index (χ0n) is 10.9. The van der Waals surface area contributed by atoms with E-state index in [4.69, 9.17) is 11.6 Å². The van der Waals surface area contributed by atoms with Crippen LogP contribution in [0.3, 0.4) is 0 Å². The highest BCUT2D eigenvalue weighted by atomic mass is 35.5. The second kappa shape index (κ2) is 8.44. The van der Waals surface area contributed by atoms with Crippen LogP contribution in [-0.4, -0.2) is 17.5 Å². The van der Waals surface area contributed by atoms with Gasteiger partial charge in [-0.05, 0) is 48.8 Å². The van der Waals surface area contributed by atoms with Crippen LogP contribution in [0.5, 0.6) is 0 Å². The number of amides is 1. The van der Waals surface area contributed by atoms with E-state index >= 15 is 0 Å². The highest BCUT2D eigenvalue weighted by molar-refractivity contribution is 7.99. The van der Waals surface area contributed by atoms with Gasteiger partial charge in [0.2, 0.25) is 5.91 Å². The first-order valence-corrected chi connectivity index (χ1v) is 7.70. The number of thioether (sulfide) groups is 1. The number of hydrogen-bond donors (Lipinski definition) is 1. The third-order valence-corrected chi connectivity index (χ3v) is 3.92. The number of benzene rings is 1. The molecular weight excluding hydrogens is 266 g/mol. The quantitative estimate of drug-likeness (QED) is 0.594. The van der Waals surface area contributed by atoms with Crippen LogP contribution in [0.4, 0.5) is 5.69 Å². The van der Waals surface area contributed by atoms with Crippen molar-refractivity contribution in [3.8, 4) is 0 Å². The summed E-state index contributed by atoms with van der Waals surface area (Å²) in [5, 5.41) is 2.76. The summed E-state index contributed by atoms with van der Waals surface area (Å²) in [7, 11) is 0. The van der Waals surface area contributed by atoms with E-state index in [9.17, 15) is 4.79 Å². The fraction of sp³-hybridized carbons (Fsp3) is 0.500. The number of nitrogens with one attached hydrogen (secondary N) is 1. The van der Waals surface area contributed by atoms with E-state index in [1.165, 1.54) is 18.2 Å². The van der Waals surface area contributed by atoms with Gasteiger partial charge in [-0.25, -0.2) is 0 Å². The first-order chi connectivity index (χ1) is 8.61. The van der Waals surface area contributed by atoms with Crippen LogP contribution in [-0.2, 0) is 4.79 Å². The molecule has 0 bridgehead atoms. The Labute approximate surface area is 118 Å². The predicted octanol–water partition coefficient (Wildman–Crippen LogP) is 4.39. The third-order valence-electron chi connectivity index (χ3n) is 2.66. The molecule has 0 aliphatic carbocycles. The molecule has 0 heterocycles. The second-order valence-corrected chi connectivity index (χ2v) is 5.97. The summed E-state index contributed by atoms with van der Waals surface area (Å²) in [6.07, 6.45) is 2.27. The van der Waals surface area contributed by atoms with Crippen molar-refractivity contribution in [2.45, 2.75) is 31.6 Å². The molecule has 1 unspecified atom stereocenters. The molecule has 0 fully saturated rings. The Morgan fingerprint density at radius 1 is 1.33 bits per heavy atom. The van der Waals surface area contributed by atoms with E-state index in [-0.39, 0.29) is 5.91 Å². The molecule has 0 radical (unpaired) electrons. The summed E-state index contributed by atoms with van der Waals surface area (Å²) < 4.78 is 0. The van der Waals surface area contributed by atoms with Gasteiger partial charge in [-0.2, -0.15) is 0 Å². The standard InChI is InChI=1S/C14H20ClNOS/c1-11(7-9-15)8-10-18-14-5-3-13(4-6-14)16-12(2)17/h3-6,11H,7-10H2,1-2H3,(H,16,17). The Morgan fingerprint density at radius 2 is 2.00 bits per heavy atom. The fourth-order valence-electron chi connectivity index (χ4n) is 1.55. The molecular formula is C14H20ClNOS. The van der Waals surface area contributed by atoms with Gasteiger partial charge in [-0.3, -0.25) is 4.79 Å². The van der Waals surface area contributed by atoms with Crippen LogP contribution in [0.15, 0.2) is 29.2 Å². The zero-order valence-corrected chi connectivity index (χ0v) is 12.5. The van der Waals surface area contributed by atoms with Crippen molar-refractivity contribution in [3.63, 3.8) is 0 Å². The van der Waals surface area contributed by atoms with Gasteiger partial charge in [-0.1, -0.05) is 6.92 Å². The van der Waals surface area contributed by atoms with E-state index in [1.807, 2.05) is 36.0 Å². The SMILES string of the molecule is CC(=O)Nc1ccc(SCCC(C)CCCl)cc1. The van der Waals surface area contributed by atoms with Gasteiger partial charge in [0, 0.05) is 23.4 Å². The molecule has 1 aromatic carbocycles. The smallest absolute Gasteiger partial charge is 0.221 e. The Hall–Kier alpha value is -0.670. The van der Waals surface area contributed by atoms with Gasteiger partial charge in [0.25, 0.3) is 0 Å². The lowest BCUT2D eigenvalue weighted by atomic mass is 10.1. The average molecular weight is 286 g/mol. The number of carbonyl (C=O) groups excluding carboxylic acids is 1. The number of hydrogen-bond acceptors (Lipinski definition) is 2. The van der Waals surface area contributed by atoms with Crippen molar-refractivity contribution in [3.05, 3.63) is 24.3 Å². The van der Waals surface area contributed by atoms with Crippen LogP contribution in [0.2, 0.25) is 0 Å². The molecule has 0 saturated heterocycles. The van der Waals surface area contributed by atoms with Gasteiger partial charge < -0.3 is 5.32 Å². The van der Waals surface area contributed by atoms with Gasteiger partial charge >= 0.3 is 0 Å². The van der Waals surface area contributed by atoms with Gasteiger partial charge in [0.05, 0.1) is 0 Å².